The molecule has 2 aromatic heterocycles. The second-order valence-corrected chi connectivity index (χ2v) is 6.75. The Morgan fingerprint density at radius 3 is 2.75 bits per heavy atom. The van der Waals surface area contributed by atoms with Crippen LogP contribution in [0.15, 0.2) is 24.5 Å². The number of halogens is 3. The van der Waals surface area contributed by atoms with Gasteiger partial charge in [-0.05, 0) is 43.9 Å². The summed E-state index contributed by atoms with van der Waals surface area (Å²) in [6, 6.07) is 4.26. The fourth-order valence-corrected chi connectivity index (χ4v) is 3.11. The van der Waals surface area contributed by atoms with Crippen molar-refractivity contribution in [2.45, 2.75) is 26.2 Å². The van der Waals surface area contributed by atoms with Crippen molar-refractivity contribution in [1.82, 2.24) is 15.0 Å². The third kappa shape index (κ3) is 3.64. The molecule has 6 nitrogen and oxygen atoms in total. The minimum atomic E-state index is -2.62. The first kappa shape index (κ1) is 20.0. The van der Waals surface area contributed by atoms with Gasteiger partial charge < -0.3 is 15.5 Å². The molecule has 9 heteroatoms. The van der Waals surface area contributed by atoms with E-state index in [9.17, 15) is 13.6 Å². The SMILES string of the molecule is Cc1[nH]c2c(-c3cc(C(F)F)ccc3OCC3CC3)ncnc2c1C(N)=O.Cl. The number of nitrogens with two attached hydrogens (primary N) is 1. The Bertz CT molecular complexity index is 1030. The van der Waals surface area contributed by atoms with Gasteiger partial charge in [-0.3, -0.25) is 4.79 Å². The van der Waals surface area contributed by atoms with Crippen LogP contribution in [0.25, 0.3) is 22.3 Å². The Labute approximate surface area is 165 Å². The lowest BCUT2D eigenvalue weighted by Crippen LogP contribution is -2.12. The molecule has 1 amide bonds. The van der Waals surface area contributed by atoms with E-state index in [1.165, 1.54) is 24.5 Å². The number of primary amides is 1. The summed E-state index contributed by atoms with van der Waals surface area (Å²) in [5, 5.41) is 0. The summed E-state index contributed by atoms with van der Waals surface area (Å²) in [5.74, 6) is 0.362. The summed E-state index contributed by atoms with van der Waals surface area (Å²) < 4.78 is 32.4. The van der Waals surface area contributed by atoms with E-state index < -0.39 is 12.3 Å². The van der Waals surface area contributed by atoms with Crippen LogP contribution in [0.5, 0.6) is 5.75 Å². The number of nitrogens with one attached hydrogen (secondary N) is 1. The number of nitrogens with zero attached hydrogens (tertiary/aromatic N) is 2. The molecule has 0 bridgehead atoms. The molecule has 0 aliphatic heterocycles. The van der Waals surface area contributed by atoms with Crippen LogP contribution in [-0.4, -0.2) is 27.5 Å². The van der Waals surface area contributed by atoms with Crippen LogP contribution >= 0.6 is 12.4 Å². The molecule has 1 fully saturated rings. The van der Waals surface area contributed by atoms with Gasteiger partial charge in [-0.25, -0.2) is 18.7 Å². The van der Waals surface area contributed by atoms with Gasteiger partial charge in [0.1, 0.15) is 23.3 Å². The molecule has 1 aliphatic rings. The average molecular weight is 409 g/mol. The second kappa shape index (κ2) is 7.71. The number of hydrogen-bond donors (Lipinski definition) is 2. The largest absolute Gasteiger partial charge is 0.493 e. The molecule has 0 saturated heterocycles. The molecule has 0 radical (unpaired) electrons. The van der Waals surface area contributed by atoms with Gasteiger partial charge in [0.25, 0.3) is 12.3 Å². The van der Waals surface area contributed by atoms with Gasteiger partial charge in [-0.1, -0.05) is 0 Å². The maximum absolute atomic E-state index is 13.3. The van der Waals surface area contributed by atoms with Crippen molar-refractivity contribution in [2.24, 2.45) is 11.7 Å². The molecule has 2 heterocycles. The predicted octanol–water partition coefficient (Wildman–Crippen LogP) is 4.18. The van der Waals surface area contributed by atoms with Crippen molar-refractivity contribution >= 4 is 29.3 Å². The van der Waals surface area contributed by atoms with E-state index in [1.807, 2.05) is 0 Å². The maximum atomic E-state index is 13.3. The van der Waals surface area contributed by atoms with Gasteiger partial charge in [0.2, 0.25) is 0 Å². The number of aryl methyl sites for hydroxylation is 1. The number of aromatic amines is 1. The summed E-state index contributed by atoms with van der Waals surface area (Å²) in [4.78, 5) is 23.2. The van der Waals surface area contributed by atoms with Crippen molar-refractivity contribution in [3.05, 3.63) is 41.3 Å². The van der Waals surface area contributed by atoms with E-state index in [-0.39, 0.29) is 23.5 Å². The van der Waals surface area contributed by atoms with E-state index >= 15 is 0 Å². The number of alkyl halides is 2. The lowest BCUT2D eigenvalue weighted by molar-refractivity contribution is 0.100. The summed E-state index contributed by atoms with van der Waals surface area (Å²) in [5.41, 5.74) is 7.78. The highest BCUT2D eigenvalue weighted by Crippen LogP contribution is 2.38. The number of amides is 1. The third-order valence-electron chi connectivity index (χ3n) is 4.70. The number of ether oxygens (including phenoxy) is 1. The summed E-state index contributed by atoms with van der Waals surface area (Å²) in [7, 11) is 0. The first-order chi connectivity index (χ1) is 13.0. The molecule has 0 atom stereocenters. The maximum Gasteiger partial charge on any atom is 0.263 e. The molecule has 1 saturated carbocycles. The van der Waals surface area contributed by atoms with Crippen molar-refractivity contribution in [1.29, 1.82) is 0 Å². The van der Waals surface area contributed by atoms with Gasteiger partial charge in [0, 0.05) is 16.8 Å². The number of carbonyl (C=O) groups is 1. The lowest BCUT2D eigenvalue weighted by Gasteiger charge is -2.13. The minimum absolute atomic E-state index is 0. The first-order valence-corrected chi connectivity index (χ1v) is 8.64. The Morgan fingerprint density at radius 2 is 2.11 bits per heavy atom. The normalized spacial score (nSPS) is 13.6. The molecular weight excluding hydrogens is 390 g/mol. The van der Waals surface area contributed by atoms with E-state index in [1.54, 1.807) is 6.92 Å². The van der Waals surface area contributed by atoms with Gasteiger partial charge in [-0.2, -0.15) is 0 Å². The fourth-order valence-electron chi connectivity index (χ4n) is 3.11. The highest BCUT2D eigenvalue weighted by atomic mass is 35.5. The summed E-state index contributed by atoms with van der Waals surface area (Å²) >= 11 is 0. The molecule has 3 aromatic rings. The second-order valence-electron chi connectivity index (χ2n) is 6.75. The Hall–Kier alpha value is -2.74. The number of hydrogen-bond acceptors (Lipinski definition) is 4. The molecule has 0 unspecified atom stereocenters. The zero-order chi connectivity index (χ0) is 19.1. The smallest absolute Gasteiger partial charge is 0.263 e. The van der Waals surface area contributed by atoms with E-state index in [0.29, 0.717) is 46.3 Å². The number of H-pyrrole nitrogens is 1. The average Bonchev–Trinajstić information content (AvgIpc) is 3.39. The number of rotatable bonds is 6. The third-order valence-corrected chi connectivity index (χ3v) is 4.70. The van der Waals surface area contributed by atoms with Crippen molar-refractivity contribution in [3.63, 3.8) is 0 Å². The number of aromatic nitrogens is 3. The number of fused-ring (bicyclic) bond motifs is 1. The van der Waals surface area contributed by atoms with Crippen LogP contribution in [0.1, 0.15) is 40.9 Å². The van der Waals surface area contributed by atoms with Crippen LogP contribution in [0.4, 0.5) is 8.78 Å². The standard InChI is InChI=1S/C19H18F2N4O2.ClH/c1-9-14(19(22)26)16-17(25-9)15(23-8-24-16)12-6-11(18(20)21)4-5-13(12)27-7-10-2-3-10;/h4-6,8,10,18,25H,2-3,7H2,1H3,(H2,22,26);1H. The molecular formula is C19H19ClF2N4O2. The zero-order valence-corrected chi connectivity index (χ0v) is 15.9. The quantitative estimate of drug-likeness (QED) is 0.639. The van der Waals surface area contributed by atoms with E-state index in [0.717, 1.165) is 12.8 Å². The van der Waals surface area contributed by atoms with Crippen molar-refractivity contribution < 1.29 is 18.3 Å². The summed E-state index contributed by atoms with van der Waals surface area (Å²) in [6.07, 6.45) is 0.891. The van der Waals surface area contributed by atoms with Crippen LogP contribution < -0.4 is 10.5 Å². The Kier molecular flexibility index (Phi) is 5.51. The minimum Gasteiger partial charge on any atom is -0.493 e. The van der Waals surface area contributed by atoms with Crippen LogP contribution in [-0.2, 0) is 0 Å². The first-order valence-electron chi connectivity index (χ1n) is 8.64. The van der Waals surface area contributed by atoms with Crippen molar-refractivity contribution in [3.8, 4) is 17.0 Å². The number of carbonyl (C=O) groups excluding carboxylic acids is 1. The molecule has 4 rings (SSSR count). The molecule has 3 N–H and O–H groups in total. The van der Waals surface area contributed by atoms with Crippen molar-refractivity contribution in [2.75, 3.05) is 6.61 Å². The van der Waals surface area contributed by atoms with Gasteiger partial charge in [0.15, 0.2) is 0 Å². The number of benzene rings is 1. The molecule has 28 heavy (non-hydrogen) atoms. The molecule has 1 aliphatic carbocycles. The van der Waals surface area contributed by atoms with Crippen LogP contribution in [0.3, 0.4) is 0 Å². The van der Waals surface area contributed by atoms with Crippen LogP contribution in [0.2, 0.25) is 0 Å². The van der Waals surface area contributed by atoms with E-state index in [2.05, 4.69) is 15.0 Å². The summed E-state index contributed by atoms with van der Waals surface area (Å²) in [6.45, 7) is 2.23. The van der Waals surface area contributed by atoms with Gasteiger partial charge in [-0.15, -0.1) is 12.4 Å². The van der Waals surface area contributed by atoms with Gasteiger partial charge >= 0.3 is 0 Å². The molecule has 0 spiro atoms. The predicted molar refractivity (Wildman–Crippen MR) is 103 cm³/mol. The Morgan fingerprint density at radius 1 is 1.36 bits per heavy atom. The topological polar surface area (TPSA) is 93.9 Å². The highest BCUT2D eigenvalue weighted by molar-refractivity contribution is 6.08. The monoisotopic (exact) mass is 408 g/mol. The highest BCUT2D eigenvalue weighted by Gasteiger charge is 2.24. The zero-order valence-electron chi connectivity index (χ0n) is 15.0. The van der Waals surface area contributed by atoms with E-state index in [4.69, 9.17) is 10.5 Å². The fraction of sp³-hybridized carbons (Fsp3) is 0.316. The molecule has 148 valence electrons. The lowest BCUT2D eigenvalue weighted by atomic mass is 10.0. The van der Waals surface area contributed by atoms with Crippen LogP contribution in [0, 0.1) is 12.8 Å². The molecule has 1 aromatic carbocycles. The Balaban J connectivity index is 0.00000225. The van der Waals surface area contributed by atoms with Gasteiger partial charge in [0.05, 0.1) is 17.7 Å².